The van der Waals surface area contributed by atoms with E-state index in [0.29, 0.717) is 6.54 Å². The van der Waals surface area contributed by atoms with Gasteiger partial charge in [-0.1, -0.05) is 0 Å². The zero-order valence-corrected chi connectivity index (χ0v) is 15.9. The second-order valence-corrected chi connectivity index (χ2v) is 7.24. The van der Waals surface area contributed by atoms with Crippen LogP contribution in [0.5, 0.6) is 11.5 Å². The molecule has 2 aromatic heterocycles. The van der Waals surface area contributed by atoms with E-state index in [2.05, 4.69) is 20.8 Å². The summed E-state index contributed by atoms with van der Waals surface area (Å²) in [5.74, 6) is 2.28. The zero-order chi connectivity index (χ0) is 18.9. The predicted molar refractivity (Wildman–Crippen MR) is 107 cm³/mol. The predicted octanol–water partition coefficient (Wildman–Crippen LogP) is 3.95. The maximum Gasteiger partial charge on any atom is 0.231 e. The number of ether oxygens (including phenoxy) is 2. The SMILES string of the molecule is Cn1cnc(-c2ccc(NCc3csc(-c4ccc5c(c4)OCO5)n3)cc2)n1. The maximum absolute atomic E-state index is 5.45. The number of nitrogens with zero attached hydrogens (tertiary/aromatic N) is 4. The number of benzene rings is 2. The molecule has 0 radical (unpaired) electrons. The van der Waals surface area contributed by atoms with Crippen LogP contribution in [0.15, 0.2) is 54.2 Å². The van der Waals surface area contributed by atoms with E-state index < -0.39 is 0 Å². The van der Waals surface area contributed by atoms with Crippen molar-refractivity contribution in [1.82, 2.24) is 19.7 Å². The van der Waals surface area contributed by atoms with Gasteiger partial charge in [0.15, 0.2) is 17.3 Å². The van der Waals surface area contributed by atoms with Crippen molar-refractivity contribution < 1.29 is 9.47 Å². The lowest BCUT2D eigenvalue weighted by Gasteiger charge is -2.05. The van der Waals surface area contributed by atoms with E-state index in [0.717, 1.165) is 44.8 Å². The highest BCUT2D eigenvalue weighted by Crippen LogP contribution is 2.36. The number of fused-ring (bicyclic) bond motifs is 1. The van der Waals surface area contributed by atoms with E-state index in [4.69, 9.17) is 14.5 Å². The summed E-state index contributed by atoms with van der Waals surface area (Å²) in [6.45, 7) is 0.934. The van der Waals surface area contributed by atoms with Gasteiger partial charge in [-0.3, -0.25) is 4.68 Å². The number of aromatic nitrogens is 4. The third-order valence-corrected chi connectivity index (χ3v) is 5.33. The molecule has 0 saturated carbocycles. The first kappa shape index (κ1) is 16.8. The Labute approximate surface area is 165 Å². The number of hydrogen-bond acceptors (Lipinski definition) is 7. The van der Waals surface area contributed by atoms with Crippen LogP contribution in [0.4, 0.5) is 5.69 Å². The quantitative estimate of drug-likeness (QED) is 0.555. The topological polar surface area (TPSA) is 74.1 Å². The van der Waals surface area contributed by atoms with Crippen molar-refractivity contribution in [3.05, 3.63) is 59.9 Å². The molecule has 1 aliphatic heterocycles. The van der Waals surface area contributed by atoms with E-state index in [1.54, 1.807) is 22.3 Å². The summed E-state index contributed by atoms with van der Waals surface area (Å²) >= 11 is 1.62. The van der Waals surface area contributed by atoms with Gasteiger partial charge in [0.05, 0.1) is 12.2 Å². The molecule has 8 heteroatoms. The van der Waals surface area contributed by atoms with Crippen LogP contribution in [0.3, 0.4) is 0 Å². The summed E-state index contributed by atoms with van der Waals surface area (Å²) in [5, 5.41) is 10.8. The molecule has 0 bridgehead atoms. The Bertz CT molecular complexity index is 1120. The average molecular weight is 391 g/mol. The van der Waals surface area contributed by atoms with Crippen LogP contribution in [0.2, 0.25) is 0 Å². The molecule has 3 heterocycles. The zero-order valence-electron chi connectivity index (χ0n) is 15.1. The molecule has 0 atom stereocenters. The fourth-order valence-electron chi connectivity index (χ4n) is 2.95. The van der Waals surface area contributed by atoms with Crippen LogP contribution in [0.1, 0.15) is 5.69 Å². The highest BCUT2D eigenvalue weighted by Gasteiger charge is 2.15. The fourth-order valence-corrected chi connectivity index (χ4v) is 3.77. The minimum absolute atomic E-state index is 0.279. The number of anilines is 1. The Hall–Kier alpha value is -3.39. The largest absolute Gasteiger partial charge is 0.454 e. The van der Waals surface area contributed by atoms with Crippen LogP contribution in [0.25, 0.3) is 22.0 Å². The molecule has 0 aliphatic carbocycles. The molecule has 1 aliphatic rings. The van der Waals surface area contributed by atoms with Crippen molar-refractivity contribution in [3.8, 4) is 33.5 Å². The van der Waals surface area contributed by atoms with Crippen molar-refractivity contribution in [1.29, 1.82) is 0 Å². The highest BCUT2D eigenvalue weighted by molar-refractivity contribution is 7.13. The lowest BCUT2D eigenvalue weighted by molar-refractivity contribution is 0.174. The summed E-state index contributed by atoms with van der Waals surface area (Å²) in [4.78, 5) is 8.99. The van der Waals surface area contributed by atoms with Crippen molar-refractivity contribution in [2.75, 3.05) is 12.1 Å². The van der Waals surface area contributed by atoms with Gasteiger partial charge >= 0.3 is 0 Å². The lowest BCUT2D eigenvalue weighted by Crippen LogP contribution is -1.99. The van der Waals surface area contributed by atoms with Gasteiger partial charge in [-0.25, -0.2) is 9.97 Å². The van der Waals surface area contributed by atoms with Gasteiger partial charge in [0.2, 0.25) is 6.79 Å². The summed E-state index contributed by atoms with van der Waals surface area (Å²) < 4.78 is 12.5. The second kappa shape index (κ2) is 6.97. The third kappa shape index (κ3) is 3.29. The second-order valence-electron chi connectivity index (χ2n) is 6.38. The van der Waals surface area contributed by atoms with Gasteiger partial charge < -0.3 is 14.8 Å². The number of rotatable bonds is 5. The summed E-state index contributed by atoms with van der Waals surface area (Å²) in [5.41, 5.74) is 4.04. The molecule has 5 rings (SSSR count). The average Bonchev–Trinajstić information content (AvgIpc) is 3.47. The molecule has 0 amide bonds. The van der Waals surface area contributed by atoms with Gasteiger partial charge in [0.25, 0.3) is 0 Å². The normalized spacial score (nSPS) is 12.3. The molecular weight excluding hydrogens is 374 g/mol. The number of hydrogen-bond donors (Lipinski definition) is 1. The molecule has 0 unspecified atom stereocenters. The van der Waals surface area contributed by atoms with E-state index in [1.165, 1.54) is 0 Å². The van der Waals surface area contributed by atoms with Gasteiger partial charge in [-0.05, 0) is 42.5 Å². The van der Waals surface area contributed by atoms with Gasteiger partial charge in [-0.15, -0.1) is 11.3 Å². The van der Waals surface area contributed by atoms with Crippen LogP contribution >= 0.6 is 11.3 Å². The molecule has 4 aromatic rings. The van der Waals surface area contributed by atoms with Gasteiger partial charge in [0.1, 0.15) is 11.3 Å². The Morgan fingerprint density at radius 3 is 2.71 bits per heavy atom. The van der Waals surface area contributed by atoms with Crippen molar-refractivity contribution in [3.63, 3.8) is 0 Å². The van der Waals surface area contributed by atoms with Crippen LogP contribution in [0, 0.1) is 0 Å². The van der Waals surface area contributed by atoms with Gasteiger partial charge in [-0.2, -0.15) is 5.10 Å². The monoisotopic (exact) mass is 391 g/mol. The van der Waals surface area contributed by atoms with Crippen LogP contribution in [-0.4, -0.2) is 26.5 Å². The molecule has 2 aromatic carbocycles. The highest BCUT2D eigenvalue weighted by atomic mass is 32.1. The van der Waals surface area contributed by atoms with Crippen molar-refractivity contribution >= 4 is 17.0 Å². The molecule has 28 heavy (non-hydrogen) atoms. The van der Waals surface area contributed by atoms with Crippen molar-refractivity contribution in [2.24, 2.45) is 7.05 Å². The van der Waals surface area contributed by atoms with E-state index >= 15 is 0 Å². The minimum atomic E-state index is 0.279. The molecule has 0 spiro atoms. The Kier molecular flexibility index (Phi) is 4.17. The third-order valence-electron chi connectivity index (χ3n) is 4.39. The molecule has 0 fully saturated rings. The summed E-state index contributed by atoms with van der Waals surface area (Å²) in [6, 6.07) is 14.0. The Morgan fingerprint density at radius 2 is 1.89 bits per heavy atom. The summed E-state index contributed by atoms with van der Waals surface area (Å²) in [7, 11) is 1.86. The first-order valence-corrected chi connectivity index (χ1v) is 9.67. The summed E-state index contributed by atoms with van der Waals surface area (Å²) in [6.07, 6.45) is 1.70. The molecule has 140 valence electrons. The van der Waals surface area contributed by atoms with Gasteiger partial charge in [0, 0.05) is 29.2 Å². The first-order chi connectivity index (χ1) is 13.7. The van der Waals surface area contributed by atoms with E-state index in [1.807, 2.05) is 49.5 Å². The maximum atomic E-state index is 5.45. The lowest BCUT2D eigenvalue weighted by atomic mass is 10.2. The van der Waals surface area contributed by atoms with E-state index in [-0.39, 0.29) is 6.79 Å². The Balaban J connectivity index is 1.25. The Morgan fingerprint density at radius 1 is 1.07 bits per heavy atom. The van der Waals surface area contributed by atoms with Crippen molar-refractivity contribution in [2.45, 2.75) is 6.54 Å². The van der Waals surface area contributed by atoms with E-state index in [9.17, 15) is 0 Å². The molecule has 1 N–H and O–H groups in total. The molecule has 0 saturated heterocycles. The number of thiazole rings is 1. The number of aryl methyl sites for hydroxylation is 1. The standard InChI is InChI=1S/C20H17N5O2S/c1-25-11-22-19(24-25)13-2-5-15(6-3-13)21-9-16-10-28-20(23-16)14-4-7-17-18(8-14)27-12-26-17/h2-8,10-11,21H,9,12H2,1H3. The smallest absolute Gasteiger partial charge is 0.231 e. The molecular formula is C20H17N5O2S. The first-order valence-electron chi connectivity index (χ1n) is 8.79. The van der Waals surface area contributed by atoms with Crippen LogP contribution < -0.4 is 14.8 Å². The van der Waals surface area contributed by atoms with Crippen LogP contribution in [-0.2, 0) is 13.6 Å². The fraction of sp³-hybridized carbons (Fsp3) is 0.150. The minimum Gasteiger partial charge on any atom is -0.454 e. The number of nitrogens with one attached hydrogen (secondary N) is 1. The molecule has 7 nitrogen and oxygen atoms in total.